The van der Waals surface area contributed by atoms with E-state index in [1.807, 2.05) is 0 Å². The maximum atomic E-state index is 5.78. The monoisotopic (exact) mass is 249 g/mol. The van der Waals surface area contributed by atoms with Crippen molar-refractivity contribution in [1.29, 1.82) is 0 Å². The second-order valence-corrected chi connectivity index (χ2v) is 4.96. The smallest absolute Gasteiger partial charge is 0.120 e. The Morgan fingerprint density at radius 1 is 1.44 bits per heavy atom. The lowest BCUT2D eigenvalue weighted by molar-refractivity contribution is 0.122. The molecule has 2 rings (SSSR count). The maximum Gasteiger partial charge on any atom is 0.120 e. The summed E-state index contributed by atoms with van der Waals surface area (Å²) in [6.45, 7) is 8.72. The molecule has 1 atom stereocenters. The molecule has 1 heterocycles. The Bertz CT molecular complexity index is 390. The number of hydrogen-bond donors (Lipinski definition) is 1. The fourth-order valence-electron chi connectivity index (χ4n) is 2.36. The van der Waals surface area contributed by atoms with Crippen molar-refractivity contribution >= 4 is 0 Å². The molecule has 1 aromatic carbocycles. The van der Waals surface area contributed by atoms with Crippen LogP contribution >= 0.6 is 0 Å². The Labute approximate surface area is 109 Å². The first-order valence-electron chi connectivity index (χ1n) is 6.81. The highest BCUT2D eigenvalue weighted by Crippen LogP contribution is 2.27. The number of ether oxygens (including phenoxy) is 2. The van der Waals surface area contributed by atoms with Gasteiger partial charge in [-0.1, -0.05) is 13.0 Å². The molecule has 1 aliphatic rings. The maximum absolute atomic E-state index is 5.78. The molecule has 0 radical (unpaired) electrons. The Morgan fingerprint density at radius 2 is 2.28 bits per heavy atom. The van der Waals surface area contributed by atoms with Crippen LogP contribution in [0.2, 0.25) is 0 Å². The molecule has 0 aromatic heterocycles. The van der Waals surface area contributed by atoms with E-state index in [0.29, 0.717) is 0 Å². The third-order valence-electron chi connectivity index (χ3n) is 3.12. The van der Waals surface area contributed by atoms with Crippen LogP contribution in [0.25, 0.3) is 0 Å². The quantitative estimate of drug-likeness (QED) is 0.890. The van der Waals surface area contributed by atoms with Gasteiger partial charge in [0, 0.05) is 0 Å². The van der Waals surface area contributed by atoms with E-state index in [0.717, 1.165) is 31.9 Å². The van der Waals surface area contributed by atoms with Crippen molar-refractivity contribution in [2.45, 2.75) is 39.3 Å². The minimum absolute atomic E-state index is 0.211. The largest absolute Gasteiger partial charge is 0.491 e. The number of hydrogen-bond acceptors (Lipinski definition) is 3. The third-order valence-corrected chi connectivity index (χ3v) is 3.12. The summed E-state index contributed by atoms with van der Waals surface area (Å²) in [5, 5.41) is 3.48. The molecule has 0 bridgehead atoms. The zero-order chi connectivity index (χ0) is 13.0. The van der Waals surface area contributed by atoms with Crippen LogP contribution in [-0.4, -0.2) is 25.9 Å². The van der Waals surface area contributed by atoms with Crippen molar-refractivity contribution in [2.24, 2.45) is 0 Å². The molecule has 3 nitrogen and oxygen atoms in total. The molecule has 0 amide bonds. The van der Waals surface area contributed by atoms with Gasteiger partial charge in [-0.25, -0.2) is 0 Å². The Balaban J connectivity index is 2.27. The number of rotatable bonds is 4. The predicted octanol–water partition coefficient (Wildman–Crippen LogP) is 2.70. The molecule has 1 unspecified atom stereocenters. The van der Waals surface area contributed by atoms with Crippen molar-refractivity contribution in [3.8, 4) is 5.75 Å². The number of likely N-dealkylation sites (N-methyl/N-ethyl adjacent to an activating group) is 1. The van der Waals surface area contributed by atoms with Gasteiger partial charge in [0.05, 0.1) is 25.4 Å². The van der Waals surface area contributed by atoms with Crippen LogP contribution in [0, 0.1) is 0 Å². The minimum Gasteiger partial charge on any atom is -0.491 e. The van der Waals surface area contributed by atoms with E-state index in [4.69, 9.17) is 9.47 Å². The van der Waals surface area contributed by atoms with Gasteiger partial charge in [-0.2, -0.15) is 0 Å². The van der Waals surface area contributed by atoms with Crippen LogP contribution in [0.15, 0.2) is 18.2 Å². The van der Waals surface area contributed by atoms with Gasteiger partial charge in [0.15, 0.2) is 0 Å². The van der Waals surface area contributed by atoms with Crippen LogP contribution < -0.4 is 10.1 Å². The first-order chi connectivity index (χ1) is 8.70. The molecule has 0 fully saturated rings. The van der Waals surface area contributed by atoms with Crippen molar-refractivity contribution in [3.05, 3.63) is 29.3 Å². The van der Waals surface area contributed by atoms with E-state index in [1.54, 1.807) is 0 Å². The van der Waals surface area contributed by atoms with E-state index >= 15 is 0 Å². The highest BCUT2D eigenvalue weighted by molar-refractivity contribution is 5.38. The average molecular weight is 249 g/mol. The molecular weight excluding hydrogens is 226 g/mol. The zero-order valence-electron chi connectivity index (χ0n) is 11.5. The summed E-state index contributed by atoms with van der Waals surface area (Å²) in [7, 11) is 0. The van der Waals surface area contributed by atoms with Gasteiger partial charge in [-0.3, -0.25) is 0 Å². The van der Waals surface area contributed by atoms with Gasteiger partial charge in [0.1, 0.15) is 5.75 Å². The zero-order valence-corrected chi connectivity index (χ0v) is 11.5. The molecule has 0 saturated heterocycles. The van der Waals surface area contributed by atoms with Crippen LogP contribution in [-0.2, 0) is 11.2 Å². The van der Waals surface area contributed by atoms with Gasteiger partial charge in [0.25, 0.3) is 0 Å². The SMILES string of the molecule is CCNC1COCCc2ccc(OC(C)C)cc21. The molecular formula is C15H23NO2. The average Bonchev–Trinajstić information content (AvgIpc) is 2.52. The first kappa shape index (κ1) is 13.4. The highest BCUT2D eigenvalue weighted by Gasteiger charge is 2.19. The van der Waals surface area contributed by atoms with Crippen molar-refractivity contribution < 1.29 is 9.47 Å². The number of nitrogens with one attached hydrogen (secondary N) is 1. The summed E-state index contributed by atoms with van der Waals surface area (Å²) in [5.41, 5.74) is 2.70. The fourth-order valence-corrected chi connectivity index (χ4v) is 2.36. The standard InChI is InChI=1S/C15H23NO2/c1-4-16-15-10-17-8-7-12-5-6-13(9-14(12)15)18-11(2)3/h5-6,9,11,15-16H,4,7-8,10H2,1-3H3. The van der Waals surface area contributed by atoms with Gasteiger partial charge < -0.3 is 14.8 Å². The molecule has 1 N–H and O–H groups in total. The molecule has 100 valence electrons. The van der Waals surface area contributed by atoms with Gasteiger partial charge in [0.2, 0.25) is 0 Å². The van der Waals surface area contributed by atoms with Crippen LogP contribution in [0.3, 0.4) is 0 Å². The van der Waals surface area contributed by atoms with Gasteiger partial charge >= 0.3 is 0 Å². The summed E-state index contributed by atoms with van der Waals surface area (Å²) < 4.78 is 11.4. The molecule has 1 aliphatic heterocycles. The topological polar surface area (TPSA) is 30.5 Å². The molecule has 3 heteroatoms. The molecule has 18 heavy (non-hydrogen) atoms. The second kappa shape index (κ2) is 6.21. The molecule has 0 saturated carbocycles. The third kappa shape index (κ3) is 3.24. The van der Waals surface area contributed by atoms with Gasteiger partial charge in [-0.15, -0.1) is 0 Å². The van der Waals surface area contributed by atoms with Crippen molar-refractivity contribution in [3.63, 3.8) is 0 Å². The predicted molar refractivity (Wildman–Crippen MR) is 73.1 cm³/mol. The summed E-state index contributed by atoms with van der Waals surface area (Å²) in [6, 6.07) is 6.68. The van der Waals surface area contributed by atoms with E-state index < -0.39 is 0 Å². The summed E-state index contributed by atoms with van der Waals surface area (Å²) >= 11 is 0. The fraction of sp³-hybridized carbons (Fsp3) is 0.600. The molecule has 0 aliphatic carbocycles. The van der Waals surface area contributed by atoms with Crippen molar-refractivity contribution in [2.75, 3.05) is 19.8 Å². The lowest BCUT2D eigenvalue weighted by Crippen LogP contribution is -2.25. The normalized spacial score (nSPS) is 19.4. The lowest BCUT2D eigenvalue weighted by atomic mass is 9.99. The summed E-state index contributed by atoms with van der Waals surface area (Å²) in [6.07, 6.45) is 1.20. The second-order valence-electron chi connectivity index (χ2n) is 4.96. The Morgan fingerprint density at radius 3 is 3.00 bits per heavy atom. The van der Waals surface area contributed by atoms with E-state index in [-0.39, 0.29) is 12.1 Å². The summed E-state index contributed by atoms with van der Waals surface area (Å²) in [5.74, 6) is 0.952. The van der Waals surface area contributed by atoms with E-state index in [9.17, 15) is 0 Å². The van der Waals surface area contributed by atoms with Crippen molar-refractivity contribution in [1.82, 2.24) is 5.32 Å². The lowest BCUT2D eigenvalue weighted by Gasteiger charge is -2.19. The van der Waals surface area contributed by atoms with Crippen LogP contribution in [0.5, 0.6) is 5.75 Å². The molecule has 0 spiro atoms. The van der Waals surface area contributed by atoms with Crippen LogP contribution in [0.4, 0.5) is 0 Å². The Kier molecular flexibility index (Phi) is 4.61. The Hall–Kier alpha value is -1.06. The van der Waals surface area contributed by atoms with E-state index in [1.165, 1.54) is 11.1 Å². The highest BCUT2D eigenvalue weighted by atomic mass is 16.5. The van der Waals surface area contributed by atoms with E-state index in [2.05, 4.69) is 44.3 Å². The van der Waals surface area contributed by atoms with Crippen LogP contribution in [0.1, 0.15) is 37.9 Å². The summed E-state index contributed by atoms with van der Waals surface area (Å²) in [4.78, 5) is 0. The molecule has 1 aromatic rings. The number of benzene rings is 1. The van der Waals surface area contributed by atoms with Gasteiger partial charge in [-0.05, 0) is 50.1 Å². The number of fused-ring (bicyclic) bond motifs is 1. The first-order valence-corrected chi connectivity index (χ1v) is 6.81. The minimum atomic E-state index is 0.211.